The number of likely N-dealkylation sites (N-methyl/N-ethyl adjacent to an activating group) is 1. The van der Waals surface area contributed by atoms with Crippen LogP contribution in [0.4, 0.5) is 5.82 Å². The fourth-order valence-corrected chi connectivity index (χ4v) is 6.48. The van der Waals surface area contributed by atoms with Gasteiger partial charge in [-0.2, -0.15) is 0 Å². The third-order valence-electron chi connectivity index (χ3n) is 8.48. The number of amides is 2. The zero-order valence-corrected chi connectivity index (χ0v) is 21.0. The molecule has 2 aromatic heterocycles. The highest BCUT2D eigenvalue weighted by Gasteiger charge is 2.52. The maximum atomic E-state index is 13.4. The molecule has 0 unspecified atom stereocenters. The average molecular weight is 496 g/mol. The van der Waals surface area contributed by atoms with Crippen LogP contribution in [-0.4, -0.2) is 50.0 Å². The number of nitrogens with zero attached hydrogens (tertiary/aromatic N) is 4. The van der Waals surface area contributed by atoms with Crippen molar-refractivity contribution in [2.75, 3.05) is 11.9 Å². The molecule has 37 heavy (non-hydrogen) atoms. The van der Waals surface area contributed by atoms with E-state index in [1.807, 2.05) is 36.1 Å². The Bertz CT molecular complexity index is 1410. The lowest BCUT2D eigenvalue weighted by Crippen LogP contribution is -2.50. The Morgan fingerprint density at radius 2 is 1.95 bits per heavy atom. The first-order valence-corrected chi connectivity index (χ1v) is 12.9. The SMILES string of the molecule is CCN1C(=O)[C@@H](CC(=O)c2cnc3c(c2)C[C@@]2(C3)C(=O)Nc3ncncc32)C[C@@H](c2ccccc2)[C@H]1C. The minimum atomic E-state index is -0.784. The third kappa shape index (κ3) is 3.74. The standard InChI is InChI=1S/C29H29N5O3/c1-3-34-17(2)22(18-7-5-4-6-8-18)10-19(27(34)36)11-25(35)21-9-20-12-29(13-24(20)31-14-21)23-15-30-16-32-26(23)33-28(29)37/h4-9,14-17,19,22H,3,10-13H2,1-2H3,(H,30,32,33,37)/t17-,19-,22-,29+/m1/s1. The quantitative estimate of drug-likeness (QED) is 0.544. The molecule has 1 N–H and O–H groups in total. The second-order valence-electron chi connectivity index (χ2n) is 10.4. The van der Waals surface area contributed by atoms with Gasteiger partial charge in [-0.05, 0) is 43.9 Å². The van der Waals surface area contributed by atoms with E-state index in [0.717, 1.165) is 16.8 Å². The van der Waals surface area contributed by atoms with Crippen LogP contribution in [0, 0.1) is 5.92 Å². The van der Waals surface area contributed by atoms with Crippen LogP contribution >= 0.6 is 0 Å². The highest BCUT2D eigenvalue weighted by molar-refractivity contribution is 6.06. The van der Waals surface area contributed by atoms with E-state index in [2.05, 4.69) is 39.3 Å². The maximum Gasteiger partial charge on any atom is 0.237 e. The van der Waals surface area contributed by atoms with Crippen LogP contribution in [0.2, 0.25) is 0 Å². The fraction of sp³-hybridized carbons (Fsp3) is 0.379. The van der Waals surface area contributed by atoms with E-state index < -0.39 is 5.41 Å². The Kier molecular flexibility index (Phi) is 5.62. The molecule has 0 radical (unpaired) electrons. The first-order chi connectivity index (χ1) is 17.9. The summed E-state index contributed by atoms with van der Waals surface area (Å²) in [4.78, 5) is 54.5. The summed E-state index contributed by atoms with van der Waals surface area (Å²) in [5.41, 5.74) is 3.38. The molecular formula is C29H29N5O3. The van der Waals surface area contributed by atoms with Crippen molar-refractivity contribution in [3.63, 3.8) is 0 Å². The highest BCUT2D eigenvalue weighted by Crippen LogP contribution is 2.46. The molecule has 4 heterocycles. The van der Waals surface area contributed by atoms with Crippen LogP contribution < -0.4 is 5.32 Å². The van der Waals surface area contributed by atoms with Gasteiger partial charge in [-0.25, -0.2) is 9.97 Å². The normalized spacial score (nSPS) is 26.2. The van der Waals surface area contributed by atoms with Gasteiger partial charge in [0.15, 0.2) is 5.78 Å². The van der Waals surface area contributed by atoms with Crippen molar-refractivity contribution >= 4 is 23.4 Å². The number of benzene rings is 1. The number of rotatable bonds is 5. The number of aromatic nitrogens is 3. The van der Waals surface area contributed by atoms with Crippen molar-refractivity contribution in [1.82, 2.24) is 19.9 Å². The van der Waals surface area contributed by atoms with Crippen molar-refractivity contribution in [3.05, 3.63) is 83.1 Å². The van der Waals surface area contributed by atoms with Crippen LogP contribution in [0.25, 0.3) is 0 Å². The molecule has 1 saturated heterocycles. The molecule has 2 amide bonds. The summed E-state index contributed by atoms with van der Waals surface area (Å²) >= 11 is 0. The summed E-state index contributed by atoms with van der Waals surface area (Å²) in [7, 11) is 0. The Morgan fingerprint density at radius 3 is 2.73 bits per heavy atom. The maximum absolute atomic E-state index is 13.4. The lowest BCUT2D eigenvalue weighted by molar-refractivity contribution is -0.142. The number of hydrogen-bond donors (Lipinski definition) is 1. The van der Waals surface area contributed by atoms with Gasteiger partial charge in [0.2, 0.25) is 11.8 Å². The van der Waals surface area contributed by atoms with Gasteiger partial charge in [0, 0.05) is 66.5 Å². The molecule has 1 fully saturated rings. The first-order valence-electron chi connectivity index (χ1n) is 12.9. The number of nitrogens with one attached hydrogen (secondary N) is 1. The molecule has 3 aromatic rings. The minimum Gasteiger partial charge on any atom is -0.339 e. The van der Waals surface area contributed by atoms with Crippen LogP contribution in [0.5, 0.6) is 0 Å². The molecule has 4 atom stereocenters. The van der Waals surface area contributed by atoms with Gasteiger partial charge >= 0.3 is 0 Å². The number of carbonyl (C=O) groups is 3. The van der Waals surface area contributed by atoms with Gasteiger partial charge < -0.3 is 10.2 Å². The number of likely N-dealkylation sites (tertiary alicyclic amines) is 1. The summed E-state index contributed by atoms with van der Waals surface area (Å²) in [6.45, 7) is 4.70. The molecule has 1 spiro atoms. The molecule has 3 aliphatic rings. The van der Waals surface area contributed by atoms with Crippen molar-refractivity contribution in [3.8, 4) is 0 Å². The van der Waals surface area contributed by atoms with Gasteiger partial charge in [-0.15, -0.1) is 0 Å². The average Bonchev–Trinajstić information content (AvgIpc) is 3.43. The van der Waals surface area contributed by atoms with Crippen molar-refractivity contribution in [2.45, 2.75) is 56.9 Å². The van der Waals surface area contributed by atoms with Crippen molar-refractivity contribution in [2.24, 2.45) is 5.92 Å². The molecule has 0 bridgehead atoms. The molecule has 2 aliphatic heterocycles. The molecule has 8 nitrogen and oxygen atoms in total. The zero-order valence-electron chi connectivity index (χ0n) is 21.0. The number of piperidine rings is 1. The van der Waals surface area contributed by atoms with Gasteiger partial charge in [-0.1, -0.05) is 30.3 Å². The fourth-order valence-electron chi connectivity index (χ4n) is 6.48. The Hall–Kier alpha value is -3.94. The summed E-state index contributed by atoms with van der Waals surface area (Å²) in [6, 6.07) is 12.2. The van der Waals surface area contributed by atoms with Gasteiger partial charge in [-0.3, -0.25) is 19.4 Å². The summed E-state index contributed by atoms with van der Waals surface area (Å²) in [6.07, 6.45) is 6.39. The third-order valence-corrected chi connectivity index (χ3v) is 8.48. The van der Waals surface area contributed by atoms with Crippen LogP contribution in [-0.2, 0) is 27.8 Å². The van der Waals surface area contributed by atoms with Gasteiger partial charge in [0.05, 0.1) is 5.41 Å². The topological polar surface area (TPSA) is 105 Å². The minimum absolute atomic E-state index is 0.0443. The molecule has 1 aliphatic carbocycles. The van der Waals surface area contributed by atoms with Crippen LogP contribution in [0.15, 0.2) is 55.1 Å². The molecule has 1 aromatic carbocycles. The van der Waals surface area contributed by atoms with Gasteiger partial charge in [0.1, 0.15) is 12.1 Å². The molecule has 6 rings (SSSR count). The highest BCUT2D eigenvalue weighted by atomic mass is 16.2. The van der Waals surface area contributed by atoms with Crippen molar-refractivity contribution < 1.29 is 14.4 Å². The number of ketones is 1. The van der Waals surface area contributed by atoms with E-state index >= 15 is 0 Å². The summed E-state index contributed by atoms with van der Waals surface area (Å²) in [5, 5.41) is 2.87. The molecule has 8 heteroatoms. The number of fused-ring (bicyclic) bond motifs is 3. The van der Waals surface area contributed by atoms with E-state index in [1.54, 1.807) is 12.4 Å². The molecule has 0 saturated carbocycles. The summed E-state index contributed by atoms with van der Waals surface area (Å²) in [5.74, 6) is 0.190. The summed E-state index contributed by atoms with van der Waals surface area (Å²) < 4.78 is 0. The second-order valence-corrected chi connectivity index (χ2v) is 10.4. The lowest BCUT2D eigenvalue weighted by Gasteiger charge is -2.42. The van der Waals surface area contributed by atoms with Crippen molar-refractivity contribution in [1.29, 1.82) is 0 Å². The number of Topliss-reactive ketones (excluding diaryl/α,β-unsaturated/α-hetero) is 1. The van der Waals surface area contributed by atoms with E-state index in [1.165, 1.54) is 11.9 Å². The number of anilines is 1. The van der Waals surface area contributed by atoms with Crippen LogP contribution in [0.1, 0.15) is 65.3 Å². The van der Waals surface area contributed by atoms with Crippen LogP contribution in [0.3, 0.4) is 0 Å². The predicted molar refractivity (Wildman–Crippen MR) is 137 cm³/mol. The van der Waals surface area contributed by atoms with E-state index in [0.29, 0.717) is 37.2 Å². The smallest absolute Gasteiger partial charge is 0.237 e. The zero-order chi connectivity index (χ0) is 25.7. The number of pyridine rings is 1. The first kappa shape index (κ1) is 23.5. The second kappa shape index (κ2) is 8.87. The Morgan fingerprint density at radius 1 is 1.14 bits per heavy atom. The molecular weight excluding hydrogens is 466 g/mol. The largest absolute Gasteiger partial charge is 0.339 e. The predicted octanol–water partition coefficient (Wildman–Crippen LogP) is 3.47. The van der Waals surface area contributed by atoms with E-state index in [-0.39, 0.29) is 41.9 Å². The Balaban J connectivity index is 1.23. The number of hydrogen-bond acceptors (Lipinski definition) is 6. The number of carbonyl (C=O) groups excluding carboxylic acids is 3. The van der Waals surface area contributed by atoms with E-state index in [9.17, 15) is 14.4 Å². The monoisotopic (exact) mass is 495 g/mol. The van der Waals surface area contributed by atoms with E-state index in [4.69, 9.17) is 0 Å². The Labute approximate surface area is 215 Å². The lowest BCUT2D eigenvalue weighted by atomic mass is 9.77. The van der Waals surface area contributed by atoms with Gasteiger partial charge in [0.25, 0.3) is 0 Å². The molecule has 188 valence electrons.